The predicted molar refractivity (Wildman–Crippen MR) is 213 cm³/mol. The van der Waals surface area contributed by atoms with Crippen molar-refractivity contribution in [3.8, 4) is 5.75 Å². The van der Waals surface area contributed by atoms with E-state index in [1.807, 2.05) is 0 Å². The van der Waals surface area contributed by atoms with Crippen LogP contribution in [0.15, 0.2) is 55.0 Å². The van der Waals surface area contributed by atoms with E-state index in [4.69, 9.17) is 26.8 Å². The van der Waals surface area contributed by atoms with Crippen LogP contribution >= 0.6 is 11.6 Å². The number of imide groups is 2. The second-order valence-electron chi connectivity index (χ2n) is 14.9. The van der Waals surface area contributed by atoms with Crippen LogP contribution in [0.25, 0.3) is 11.0 Å². The molecule has 7 rings (SSSR count). The number of fused-ring (bicyclic) bond motifs is 2. The van der Waals surface area contributed by atoms with Crippen LogP contribution < -0.4 is 21.1 Å². The molecule has 4 amide bonds. The lowest BCUT2D eigenvalue weighted by atomic mass is 9.99. The number of nitrogens with zero attached hydrogens (tertiary/aromatic N) is 4. The van der Waals surface area contributed by atoms with Gasteiger partial charge in [0.15, 0.2) is 6.23 Å². The SMILES string of the molecule is Nc1ncnc2c1ccn2[C@@H]1O[C@H]([C@H](O)c2ccc(Cl)c(OCCCC(=O)CCCCCCCNc3cccc4c3C(=O)N(C3CCC(=O)NC3=O)C4=O)c2)[C@@H](O)[C@H]1O. The van der Waals surface area contributed by atoms with Crippen molar-refractivity contribution in [1.82, 2.24) is 24.8 Å². The first-order chi connectivity index (χ1) is 28.4. The average molecular weight is 832 g/mol. The molecular weight excluding hydrogens is 786 g/mol. The van der Waals surface area contributed by atoms with Gasteiger partial charge in [-0.1, -0.05) is 43.0 Å². The lowest BCUT2D eigenvalue weighted by Gasteiger charge is -2.27. The minimum absolute atomic E-state index is 0.0572. The highest BCUT2D eigenvalue weighted by molar-refractivity contribution is 6.32. The molecule has 4 aromatic rings. The van der Waals surface area contributed by atoms with Crippen molar-refractivity contribution in [1.29, 1.82) is 0 Å². The van der Waals surface area contributed by atoms with Crippen molar-refractivity contribution in [2.45, 2.75) is 101 Å². The molecule has 0 radical (unpaired) electrons. The van der Waals surface area contributed by atoms with Crippen molar-refractivity contribution in [2.75, 3.05) is 24.2 Å². The quantitative estimate of drug-likeness (QED) is 0.0620. The molecule has 5 heterocycles. The number of aliphatic hydroxyl groups excluding tert-OH is 3. The number of anilines is 2. The van der Waals surface area contributed by atoms with Crippen LogP contribution in [-0.4, -0.2) is 102 Å². The second kappa shape index (κ2) is 18.2. The fourth-order valence-electron chi connectivity index (χ4n) is 7.82. The summed E-state index contributed by atoms with van der Waals surface area (Å²) in [4.78, 5) is 72.0. The monoisotopic (exact) mass is 831 g/mol. The van der Waals surface area contributed by atoms with E-state index < -0.39 is 60.3 Å². The standard InChI is InChI=1S/C41H46ClN7O10/c42-26-13-12-22(32(52)35-33(53)34(54)41(59-35)48-18-16-25-36(43)45-21-46-37(25)48)20-29(26)58-19-7-9-23(50)8-4-2-1-3-5-17-44-27-11-6-10-24-31(27)40(57)49(39(24)56)28-14-15-30(51)47-38(28)55/h6,10-13,16,18,20-21,28,32-35,41,44,52-54H,1-5,7-9,14-15,17,19H2,(H2,43,45,46)(H,47,51,55)/t28?,32-,33+,34-,35-,41-/m1/s1. The first-order valence-electron chi connectivity index (χ1n) is 19.7. The average Bonchev–Trinajstić information content (AvgIpc) is 3.86. The number of hydrogen-bond donors (Lipinski definition) is 6. The van der Waals surface area contributed by atoms with Gasteiger partial charge in [-0.2, -0.15) is 0 Å². The van der Waals surface area contributed by atoms with Gasteiger partial charge in [0.1, 0.15) is 59.8 Å². The Hall–Kier alpha value is -5.46. The molecule has 0 spiro atoms. The van der Waals surface area contributed by atoms with E-state index in [1.54, 1.807) is 48.7 Å². The molecule has 1 unspecified atom stereocenters. The predicted octanol–water partition coefficient (Wildman–Crippen LogP) is 3.60. The van der Waals surface area contributed by atoms with Crippen molar-refractivity contribution < 1.29 is 48.8 Å². The number of nitrogen functional groups attached to an aromatic ring is 1. The highest BCUT2D eigenvalue weighted by atomic mass is 35.5. The van der Waals surface area contributed by atoms with Crippen LogP contribution in [0, 0.1) is 0 Å². The van der Waals surface area contributed by atoms with Gasteiger partial charge >= 0.3 is 0 Å². The number of piperidine rings is 1. The number of aliphatic hydroxyl groups is 3. The summed E-state index contributed by atoms with van der Waals surface area (Å²) in [5.41, 5.74) is 7.68. The molecule has 3 aliphatic heterocycles. The summed E-state index contributed by atoms with van der Waals surface area (Å²) in [6.07, 6.45) is 2.18. The van der Waals surface area contributed by atoms with E-state index >= 15 is 0 Å². The number of nitrogens with two attached hydrogens (primary N) is 1. The summed E-state index contributed by atoms with van der Waals surface area (Å²) >= 11 is 6.38. The summed E-state index contributed by atoms with van der Waals surface area (Å²) < 4.78 is 13.4. The van der Waals surface area contributed by atoms with Gasteiger partial charge in [-0.15, -0.1) is 0 Å². The molecule has 2 fully saturated rings. The number of carbonyl (C=O) groups is 5. The molecule has 7 N–H and O–H groups in total. The van der Waals surface area contributed by atoms with Gasteiger partial charge in [0.05, 0.1) is 28.1 Å². The molecule has 17 nitrogen and oxygen atoms in total. The molecule has 18 heteroatoms. The number of ketones is 1. The number of Topliss-reactive ketones (excluding diaryl/α,β-unsaturated/α-hetero) is 1. The Morgan fingerprint density at radius 3 is 2.59 bits per heavy atom. The first-order valence-corrected chi connectivity index (χ1v) is 20.1. The third-order valence-corrected chi connectivity index (χ3v) is 11.3. The van der Waals surface area contributed by atoms with Crippen LogP contribution in [0.4, 0.5) is 11.5 Å². The number of amides is 4. The Morgan fingerprint density at radius 2 is 1.78 bits per heavy atom. The molecule has 0 bridgehead atoms. The maximum atomic E-state index is 13.3. The molecule has 6 atom stereocenters. The first kappa shape index (κ1) is 41.7. The third-order valence-electron chi connectivity index (χ3n) is 11.0. The van der Waals surface area contributed by atoms with Gasteiger partial charge in [0.2, 0.25) is 11.8 Å². The number of halogens is 1. The van der Waals surface area contributed by atoms with E-state index in [2.05, 4.69) is 20.6 Å². The third kappa shape index (κ3) is 8.79. The van der Waals surface area contributed by atoms with Crippen LogP contribution in [0.2, 0.25) is 5.02 Å². The number of hydrogen-bond acceptors (Lipinski definition) is 14. The Morgan fingerprint density at radius 1 is 1.00 bits per heavy atom. The summed E-state index contributed by atoms with van der Waals surface area (Å²) in [5.74, 6) is -1.49. The number of benzene rings is 2. The van der Waals surface area contributed by atoms with E-state index in [-0.39, 0.29) is 42.2 Å². The molecule has 2 aromatic carbocycles. The largest absolute Gasteiger partial charge is 0.492 e. The zero-order chi connectivity index (χ0) is 41.8. The van der Waals surface area contributed by atoms with Crippen LogP contribution in [0.1, 0.15) is 103 Å². The number of aromatic nitrogens is 3. The topological polar surface area (TPSA) is 249 Å². The van der Waals surface area contributed by atoms with Gasteiger partial charge < -0.3 is 40.4 Å². The lowest BCUT2D eigenvalue weighted by molar-refractivity contribution is -0.136. The number of unbranched alkanes of at least 4 members (excludes halogenated alkanes) is 4. The van der Waals surface area contributed by atoms with Gasteiger partial charge in [0.25, 0.3) is 11.8 Å². The summed E-state index contributed by atoms with van der Waals surface area (Å²) in [6, 6.07) is 10.3. The number of nitrogens with one attached hydrogen (secondary N) is 2. The molecule has 0 saturated carbocycles. The molecule has 312 valence electrons. The van der Waals surface area contributed by atoms with Crippen LogP contribution in [0.3, 0.4) is 0 Å². The molecule has 2 saturated heterocycles. The highest BCUT2D eigenvalue weighted by Gasteiger charge is 2.48. The molecule has 0 aliphatic carbocycles. The molecule has 59 heavy (non-hydrogen) atoms. The number of carbonyl (C=O) groups excluding carboxylic acids is 5. The summed E-state index contributed by atoms with van der Waals surface area (Å²) in [5, 5.41) is 39.2. The minimum atomic E-state index is -1.43. The normalized spacial score (nSPS) is 22.2. The fourth-order valence-corrected chi connectivity index (χ4v) is 7.99. The second-order valence-corrected chi connectivity index (χ2v) is 15.3. The number of ether oxygens (including phenoxy) is 2. The summed E-state index contributed by atoms with van der Waals surface area (Å²) in [7, 11) is 0. The van der Waals surface area contributed by atoms with Gasteiger partial charge in [0, 0.05) is 37.7 Å². The Labute approximate surface area is 343 Å². The van der Waals surface area contributed by atoms with E-state index in [0.717, 1.165) is 37.0 Å². The molecular formula is C41H46ClN7O10. The van der Waals surface area contributed by atoms with Crippen molar-refractivity contribution in [3.05, 3.63) is 76.7 Å². The zero-order valence-corrected chi connectivity index (χ0v) is 32.8. The van der Waals surface area contributed by atoms with E-state index in [1.165, 1.54) is 10.9 Å². The maximum Gasteiger partial charge on any atom is 0.264 e. The van der Waals surface area contributed by atoms with Crippen molar-refractivity contribution >= 4 is 63.6 Å². The van der Waals surface area contributed by atoms with Crippen LogP contribution in [-0.2, 0) is 19.1 Å². The zero-order valence-electron chi connectivity index (χ0n) is 32.1. The Balaban J connectivity index is 0.790. The molecule has 3 aliphatic rings. The van der Waals surface area contributed by atoms with E-state index in [9.17, 15) is 39.3 Å². The number of rotatable bonds is 18. The van der Waals surface area contributed by atoms with Gasteiger partial charge in [-0.05, 0) is 61.6 Å². The lowest BCUT2D eigenvalue weighted by Crippen LogP contribution is -2.54. The minimum Gasteiger partial charge on any atom is -0.492 e. The van der Waals surface area contributed by atoms with Crippen molar-refractivity contribution in [2.24, 2.45) is 0 Å². The highest BCUT2D eigenvalue weighted by Crippen LogP contribution is 2.39. The molecule has 2 aromatic heterocycles. The summed E-state index contributed by atoms with van der Waals surface area (Å²) in [6.45, 7) is 0.784. The van der Waals surface area contributed by atoms with Gasteiger partial charge in [-0.25, -0.2) is 9.97 Å². The smallest absolute Gasteiger partial charge is 0.264 e. The Kier molecular flexibility index (Phi) is 12.9. The van der Waals surface area contributed by atoms with Crippen LogP contribution in [0.5, 0.6) is 5.75 Å². The fraction of sp³-hybridized carbons (Fsp3) is 0.439. The van der Waals surface area contributed by atoms with Gasteiger partial charge in [-0.3, -0.25) is 34.2 Å². The van der Waals surface area contributed by atoms with Crippen molar-refractivity contribution in [3.63, 3.8) is 0 Å². The van der Waals surface area contributed by atoms with E-state index in [0.29, 0.717) is 58.9 Å². The maximum absolute atomic E-state index is 13.3. The Bertz CT molecular complexity index is 2250.